The third kappa shape index (κ3) is 7.45. The van der Waals surface area contributed by atoms with Crippen LogP contribution < -0.4 is 9.64 Å². The first-order valence-electron chi connectivity index (χ1n) is 13.0. The molecule has 0 aromatic heterocycles. The molecule has 0 saturated heterocycles. The molecule has 1 amide bonds. The van der Waals surface area contributed by atoms with Crippen LogP contribution in [-0.2, 0) is 16.4 Å². The molecule has 0 aliphatic heterocycles. The van der Waals surface area contributed by atoms with Gasteiger partial charge in [-0.2, -0.15) is 4.31 Å². The minimum Gasteiger partial charge on any atom is -0.508 e. The molecule has 0 aliphatic rings. The number of aromatic hydroxyl groups is 1. The van der Waals surface area contributed by atoms with Crippen molar-refractivity contribution in [3.63, 3.8) is 0 Å². The van der Waals surface area contributed by atoms with Crippen LogP contribution in [0.5, 0.6) is 11.5 Å². The Morgan fingerprint density at radius 2 is 1.62 bits per heavy atom. The van der Waals surface area contributed by atoms with Gasteiger partial charge in [-0.25, -0.2) is 13.2 Å². The van der Waals surface area contributed by atoms with Crippen molar-refractivity contribution in [1.82, 2.24) is 4.31 Å². The Morgan fingerprint density at radius 3 is 2.21 bits per heavy atom. The van der Waals surface area contributed by atoms with Gasteiger partial charge in [0, 0.05) is 25.1 Å². The summed E-state index contributed by atoms with van der Waals surface area (Å²) < 4.78 is 33.8. The van der Waals surface area contributed by atoms with Gasteiger partial charge in [0.25, 0.3) is 0 Å². The average molecular weight is 556 g/mol. The number of carbonyl (C=O) groups is 1. The van der Waals surface area contributed by atoms with E-state index in [1.54, 1.807) is 38.2 Å². The monoisotopic (exact) mass is 555 g/mol. The highest BCUT2D eigenvalue weighted by molar-refractivity contribution is 7.89. The van der Waals surface area contributed by atoms with Crippen LogP contribution in [0.3, 0.4) is 0 Å². The summed E-state index contributed by atoms with van der Waals surface area (Å²) in [6.07, 6.45) is -0.825. The molecule has 0 saturated carbocycles. The van der Waals surface area contributed by atoms with Gasteiger partial charge < -0.3 is 14.9 Å². The molecule has 210 valence electrons. The second kappa shape index (κ2) is 13.2. The molecule has 1 unspecified atom stereocenters. The molecule has 3 aromatic rings. The predicted octanol–water partition coefficient (Wildman–Crippen LogP) is 2.68. The molecule has 0 bridgehead atoms. The number of hydrogen-bond donors (Lipinski definition) is 3. The van der Waals surface area contributed by atoms with Gasteiger partial charge in [0.1, 0.15) is 23.6 Å². The quantitative estimate of drug-likeness (QED) is 0.317. The molecule has 0 heterocycles. The van der Waals surface area contributed by atoms with E-state index in [1.807, 2.05) is 44.2 Å². The van der Waals surface area contributed by atoms with Crippen molar-refractivity contribution >= 4 is 15.9 Å². The van der Waals surface area contributed by atoms with Gasteiger partial charge in [-0.15, -0.1) is 0 Å². The largest absolute Gasteiger partial charge is 0.508 e. The van der Waals surface area contributed by atoms with Crippen LogP contribution in [0.2, 0.25) is 0 Å². The lowest BCUT2D eigenvalue weighted by atomic mass is 9.98. The van der Waals surface area contributed by atoms with Crippen LogP contribution in [0.15, 0.2) is 77.7 Å². The molecule has 8 nitrogen and oxygen atoms in total. The Bertz CT molecular complexity index is 1340. The Balaban J connectivity index is 1.96. The summed E-state index contributed by atoms with van der Waals surface area (Å²) in [4.78, 5) is 14.1. The molecule has 0 spiro atoms. The highest BCUT2D eigenvalue weighted by Gasteiger charge is 2.37. The van der Waals surface area contributed by atoms with E-state index in [9.17, 15) is 23.4 Å². The molecule has 0 radical (unpaired) electrons. The lowest BCUT2D eigenvalue weighted by Crippen LogP contribution is -3.17. The molecule has 3 aromatic carbocycles. The lowest BCUT2D eigenvalue weighted by Gasteiger charge is -2.32. The molecule has 3 N–H and O–H groups in total. The zero-order valence-corrected chi connectivity index (χ0v) is 24.0. The first-order chi connectivity index (χ1) is 18.4. The molecule has 9 heteroatoms. The zero-order chi connectivity index (χ0) is 28.7. The van der Waals surface area contributed by atoms with E-state index >= 15 is 0 Å². The highest BCUT2D eigenvalue weighted by Crippen LogP contribution is 2.22. The third-order valence-electron chi connectivity index (χ3n) is 6.88. The molecule has 0 aliphatic carbocycles. The first-order valence-corrected chi connectivity index (χ1v) is 14.4. The van der Waals surface area contributed by atoms with E-state index in [4.69, 9.17) is 4.74 Å². The predicted molar refractivity (Wildman–Crippen MR) is 151 cm³/mol. The summed E-state index contributed by atoms with van der Waals surface area (Å²) in [5.41, 5.74) is 1.72. The Kier molecular flexibility index (Phi) is 10.3. The van der Waals surface area contributed by atoms with Crippen LogP contribution in [-0.4, -0.2) is 68.2 Å². The molecule has 0 fully saturated rings. The molecular weight excluding hydrogens is 516 g/mol. The molecule has 3 atom stereocenters. The number of aliphatic hydroxyl groups is 1. The normalized spacial score (nSPS) is 14.3. The highest BCUT2D eigenvalue weighted by atomic mass is 32.2. The third-order valence-corrected chi connectivity index (χ3v) is 8.73. The van der Waals surface area contributed by atoms with Crippen LogP contribution in [0.1, 0.15) is 35.3 Å². The summed E-state index contributed by atoms with van der Waals surface area (Å²) in [5.74, 6) is 0.261. The number of ether oxygens (including phenoxy) is 1. The number of phenols is 1. The van der Waals surface area contributed by atoms with Crippen molar-refractivity contribution < 1.29 is 33.1 Å². The zero-order valence-electron chi connectivity index (χ0n) is 23.2. The number of nitrogens with zero attached hydrogens (tertiary/aromatic N) is 1. The van der Waals surface area contributed by atoms with Crippen molar-refractivity contribution in [2.24, 2.45) is 5.92 Å². The number of quaternary nitrogens is 1. The van der Waals surface area contributed by atoms with Crippen molar-refractivity contribution in [3.8, 4) is 11.5 Å². The van der Waals surface area contributed by atoms with E-state index < -0.39 is 22.2 Å². The van der Waals surface area contributed by atoms with E-state index in [1.165, 1.54) is 29.6 Å². The number of amides is 1. The summed E-state index contributed by atoms with van der Waals surface area (Å²) in [6.45, 7) is 5.51. The fourth-order valence-electron chi connectivity index (χ4n) is 4.61. The standard InChI is InChI=1S/C30H38N2O6S/c1-21(2)19-32(39(36,37)25-16-14-24(38-5)15-17-25)20-29(34)27(18-23-10-7-6-8-11-23)31(4)30(35)26-12-9-13-28(33)22(26)3/h6-17,21,27,29,33-34H,18-20H2,1-5H3/p+1/t27-,29+/m0/s1. The van der Waals surface area contributed by atoms with Crippen LogP contribution in [0.4, 0.5) is 0 Å². The number of methoxy groups -OCH3 is 1. The van der Waals surface area contributed by atoms with Crippen LogP contribution >= 0.6 is 0 Å². The fraction of sp³-hybridized carbons (Fsp3) is 0.367. The number of benzene rings is 3. The van der Waals surface area contributed by atoms with Gasteiger partial charge in [0.15, 0.2) is 0 Å². The maximum atomic E-state index is 13.7. The van der Waals surface area contributed by atoms with Crippen LogP contribution in [0.25, 0.3) is 0 Å². The minimum atomic E-state index is -3.94. The maximum absolute atomic E-state index is 13.7. The summed E-state index contributed by atoms with van der Waals surface area (Å²) in [5, 5.41) is 21.7. The second-order valence-electron chi connectivity index (χ2n) is 10.2. The number of carbonyl (C=O) groups excluding carboxylic acids is 1. The van der Waals surface area contributed by atoms with Gasteiger partial charge in [-0.1, -0.05) is 50.2 Å². The van der Waals surface area contributed by atoms with Gasteiger partial charge in [0.05, 0.1) is 24.6 Å². The molecular formula is C30H39N2O6S+. The smallest absolute Gasteiger partial charge is 0.344 e. The molecule has 3 rings (SSSR count). The average Bonchev–Trinajstić information content (AvgIpc) is 2.92. The molecule has 39 heavy (non-hydrogen) atoms. The number of phenolic OH excluding ortho intramolecular Hbond substituents is 1. The number of sulfonamides is 1. The van der Waals surface area contributed by atoms with E-state index in [-0.39, 0.29) is 35.6 Å². The Morgan fingerprint density at radius 1 is 0.974 bits per heavy atom. The fourth-order valence-corrected chi connectivity index (χ4v) is 6.23. The van der Waals surface area contributed by atoms with Crippen molar-refractivity contribution in [2.45, 2.75) is 44.2 Å². The van der Waals surface area contributed by atoms with Crippen molar-refractivity contribution in [1.29, 1.82) is 0 Å². The van der Waals surface area contributed by atoms with Gasteiger partial charge in [0.2, 0.25) is 10.0 Å². The van der Waals surface area contributed by atoms with Crippen molar-refractivity contribution in [3.05, 3.63) is 89.5 Å². The van der Waals surface area contributed by atoms with Gasteiger partial charge in [-0.3, -0.25) is 4.90 Å². The SMILES string of the molecule is COc1ccc(S(=O)(=O)N(CC(C)C)C[C@@H](O)[C@H](Cc2ccccc2)[NH+](C)C(=O)c2cccc(O)c2C)cc1. The number of hydrogen-bond acceptors (Lipinski definition) is 6. The number of rotatable bonds is 12. The Hall–Kier alpha value is -3.24. The Labute approximate surface area is 231 Å². The van der Waals surface area contributed by atoms with Crippen LogP contribution in [0, 0.1) is 12.8 Å². The topological polar surface area (TPSA) is 109 Å². The van der Waals surface area contributed by atoms with Crippen molar-refractivity contribution in [2.75, 3.05) is 27.2 Å². The van der Waals surface area contributed by atoms with E-state index in [0.29, 0.717) is 28.2 Å². The minimum absolute atomic E-state index is 0.000510. The van der Waals surface area contributed by atoms with Gasteiger partial charge in [-0.05, 0) is 54.8 Å². The summed E-state index contributed by atoms with van der Waals surface area (Å²) in [6, 6.07) is 19.7. The lowest BCUT2D eigenvalue weighted by molar-refractivity contribution is -0.825. The number of likely N-dealkylation sites (N-methyl/N-ethyl adjacent to an activating group) is 1. The van der Waals surface area contributed by atoms with E-state index in [2.05, 4.69) is 0 Å². The number of nitrogens with one attached hydrogen (secondary N) is 1. The number of aliphatic hydroxyl groups excluding tert-OH is 1. The van der Waals surface area contributed by atoms with E-state index in [0.717, 1.165) is 5.56 Å². The summed E-state index contributed by atoms with van der Waals surface area (Å²) in [7, 11) is -0.758. The van der Waals surface area contributed by atoms with Gasteiger partial charge >= 0.3 is 5.91 Å². The second-order valence-corrected chi connectivity index (χ2v) is 12.2. The maximum Gasteiger partial charge on any atom is 0.344 e. The summed E-state index contributed by atoms with van der Waals surface area (Å²) >= 11 is 0. The first kappa shape index (κ1) is 30.3.